The molecule has 24 heavy (non-hydrogen) atoms. The van der Waals surface area contributed by atoms with Crippen LogP contribution in [0.3, 0.4) is 0 Å². The van der Waals surface area contributed by atoms with Gasteiger partial charge in [0.1, 0.15) is 0 Å². The highest BCUT2D eigenvalue weighted by Gasteiger charge is 2.22. The largest absolute Gasteiger partial charge is 0.493 e. The summed E-state index contributed by atoms with van der Waals surface area (Å²) in [6.45, 7) is -2.90. The zero-order valence-electron chi connectivity index (χ0n) is 13.1. The van der Waals surface area contributed by atoms with Gasteiger partial charge in [0.05, 0.1) is 23.7 Å². The van der Waals surface area contributed by atoms with E-state index in [-0.39, 0.29) is 23.7 Å². The van der Waals surface area contributed by atoms with Crippen LogP contribution in [0.5, 0.6) is 11.5 Å². The molecule has 8 heteroatoms. The Morgan fingerprint density at radius 3 is 2.42 bits per heavy atom. The average Bonchev–Trinajstić information content (AvgIpc) is 2.55. The molecular weight excluding hydrogens is 322 g/mol. The summed E-state index contributed by atoms with van der Waals surface area (Å²) in [6, 6.07) is 11.6. The van der Waals surface area contributed by atoms with E-state index in [0.717, 1.165) is 11.8 Å². The summed E-state index contributed by atoms with van der Waals surface area (Å²) in [5, 5.41) is 11.3. The number of hydrogen-bond donors (Lipinski definition) is 0. The van der Waals surface area contributed by atoms with Crippen molar-refractivity contribution in [3.05, 3.63) is 58.1 Å². The number of nitro benzene ring substituents is 1. The molecule has 0 radical (unpaired) electrons. The predicted octanol–water partition coefficient (Wildman–Crippen LogP) is 3.84. The molecule has 0 amide bonds. The molecule has 0 aliphatic heterocycles. The average molecular weight is 338 g/mol. The van der Waals surface area contributed by atoms with Gasteiger partial charge >= 0.3 is 6.61 Å². The first-order chi connectivity index (χ1) is 11.4. The number of benzene rings is 2. The van der Waals surface area contributed by atoms with Gasteiger partial charge in [-0.2, -0.15) is 8.78 Å². The minimum absolute atomic E-state index is 0.0114. The van der Waals surface area contributed by atoms with Crippen molar-refractivity contribution in [2.45, 2.75) is 13.2 Å². The molecule has 0 atom stereocenters. The van der Waals surface area contributed by atoms with Crippen molar-refractivity contribution >= 4 is 11.4 Å². The van der Waals surface area contributed by atoms with Crippen molar-refractivity contribution in [2.24, 2.45) is 0 Å². The van der Waals surface area contributed by atoms with Crippen LogP contribution in [0.4, 0.5) is 20.2 Å². The van der Waals surface area contributed by atoms with E-state index in [2.05, 4.69) is 4.74 Å². The van der Waals surface area contributed by atoms with Crippen LogP contribution < -0.4 is 14.4 Å². The number of rotatable bonds is 7. The number of methoxy groups -OCH3 is 1. The third-order valence-electron chi connectivity index (χ3n) is 3.38. The predicted molar refractivity (Wildman–Crippen MR) is 84.8 cm³/mol. The summed E-state index contributed by atoms with van der Waals surface area (Å²) in [6.07, 6.45) is 0. The van der Waals surface area contributed by atoms with E-state index in [1.807, 2.05) is 30.3 Å². The topological polar surface area (TPSA) is 64.8 Å². The smallest absolute Gasteiger partial charge is 0.387 e. The van der Waals surface area contributed by atoms with Gasteiger partial charge in [0, 0.05) is 19.3 Å². The van der Waals surface area contributed by atoms with Gasteiger partial charge in [-0.1, -0.05) is 18.2 Å². The lowest BCUT2D eigenvalue weighted by Crippen LogP contribution is -2.17. The summed E-state index contributed by atoms with van der Waals surface area (Å²) in [7, 11) is 3.05. The van der Waals surface area contributed by atoms with E-state index in [0.29, 0.717) is 5.56 Å². The van der Waals surface area contributed by atoms with E-state index in [4.69, 9.17) is 4.74 Å². The molecule has 128 valence electrons. The highest BCUT2D eigenvalue weighted by molar-refractivity contribution is 5.56. The number of para-hydroxylation sites is 1. The lowest BCUT2D eigenvalue weighted by Gasteiger charge is -2.20. The fourth-order valence-corrected chi connectivity index (χ4v) is 2.26. The molecule has 0 aromatic heterocycles. The van der Waals surface area contributed by atoms with Crippen LogP contribution in [0.1, 0.15) is 5.56 Å². The maximum Gasteiger partial charge on any atom is 0.387 e. The molecule has 0 unspecified atom stereocenters. The maximum absolute atomic E-state index is 12.4. The second-order valence-corrected chi connectivity index (χ2v) is 4.96. The van der Waals surface area contributed by atoms with Crippen molar-refractivity contribution in [3.63, 3.8) is 0 Å². The van der Waals surface area contributed by atoms with E-state index in [9.17, 15) is 18.9 Å². The molecule has 0 spiro atoms. The fraction of sp³-hybridized carbons (Fsp3) is 0.250. The van der Waals surface area contributed by atoms with Crippen LogP contribution in [0.25, 0.3) is 0 Å². The second-order valence-electron chi connectivity index (χ2n) is 4.96. The van der Waals surface area contributed by atoms with Gasteiger partial charge in [-0.05, 0) is 18.2 Å². The van der Waals surface area contributed by atoms with Gasteiger partial charge in [-0.15, -0.1) is 0 Å². The first-order valence-corrected chi connectivity index (χ1v) is 6.98. The van der Waals surface area contributed by atoms with E-state index >= 15 is 0 Å². The van der Waals surface area contributed by atoms with Crippen molar-refractivity contribution in [1.82, 2.24) is 0 Å². The van der Waals surface area contributed by atoms with E-state index in [1.54, 1.807) is 11.9 Å². The molecule has 2 rings (SSSR count). The third-order valence-corrected chi connectivity index (χ3v) is 3.38. The monoisotopic (exact) mass is 338 g/mol. The van der Waals surface area contributed by atoms with E-state index < -0.39 is 11.5 Å². The number of ether oxygens (including phenoxy) is 2. The molecule has 0 N–H and O–H groups in total. The van der Waals surface area contributed by atoms with Crippen molar-refractivity contribution < 1.29 is 23.2 Å². The molecule has 0 aliphatic carbocycles. The highest BCUT2D eigenvalue weighted by Crippen LogP contribution is 2.36. The molecule has 0 saturated heterocycles. The van der Waals surface area contributed by atoms with Crippen LogP contribution >= 0.6 is 0 Å². The molecule has 0 heterocycles. The fourth-order valence-electron chi connectivity index (χ4n) is 2.26. The van der Waals surface area contributed by atoms with Gasteiger partial charge in [0.2, 0.25) is 0 Å². The van der Waals surface area contributed by atoms with Crippen LogP contribution in [0.2, 0.25) is 0 Å². The Morgan fingerprint density at radius 1 is 1.21 bits per heavy atom. The molecule has 0 saturated carbocycles. The van der Waals surface area contributed by atoms with Crippen molar-refractivity contribution in [3.8, 4) is 11.5 Å². The Bertz CT molecular complexity index is 711. The summed E-state index contributed by atoms with van der Waals surface area (Å²) < 4.78 is 34.2. The highest BCUT2D eigenvalue weighted by atomic mass is 19.3. The quantitative estimate of drug-likeness (QED) is 0.567. The van der Waals surface area contributed by atoms with Gasteiger partial charge in [-0.25, -0.2) is 0 Å². The third kappa shape index (κ3) is 4.09. The summed E-state index contributed by atoms with van der Waals surface area (Å²) >= 11 is 0. The van der Waals surface area contributed by atoms with Gasteiger partial charge in [-0.3, -0.25) is 10.1 Å². The molecule has 2 aromatic carbocycles. The Balaban J connectivity index is 2.39. The Morgan fingerprint density at radius 2 is 1.88 bits per heavy atom. The summed E-state index contributed by atoms with van der Waals surface area (Å²) in [5.41, 5.74) is 0.873. The number of anilines is 1. The lowest BCUT2D eigenvalue weighted by atomic mass is 10.1. The lowest BCUT2D eigenvalue weighted by molar-refractivity contribution is -0.385. The number of halogens is 2. The Labute approximate surface area is 137 Å². The minimum Gasteiger partial charge on any atom is -0.493 e. The van der Waals surface area contributed by atoms with Crippen molar-refractivity contribution in [1.29, 1.82) is 0 Å². The molecule has 0 bridgehead atoms. The zero-order valence-corrected chi connectivity index (χ0v) is 13.1. The molecular formula is C16H16F2N2O4. The van der Waals surface area contributed by atoms with Crippen LogP contribution in [0.15, 0.2) is 42.5 Å². The molecule has 6 nitrogen and oxygen atoms in total. The van der Waals surface area contributed by atoms with Crippen LogP contribution in [-0.4, -0.2) is 25.7 Å². The van der Waals surface area contributed by atoms with Gasteiger partial charge in [0.15, 0.2) is 11.5 Å². The first kappa shape index (κ1) is 17.5. The minimum atomic E-state index is -3.10. The van der Waals surface area contributed by atoms with E-state index in [1.165, 1.54) is 13.2 Å². The zero-order chi connectivity index (χ0) is 17.7. The second kappa shape index (κ2) is 7.58. The standard InChI is InChI=1S/C16H16F2N2O4/c1-19(12-6-4-3-5-7-12)10-11-8-14(23-2)15(24-16(17)18)9-13(11)20(21)22/h3-9,16H,10H2,1-2H3. The van der Waals surface area contributed by atoms with Crippen LogP contribution in [-0.2, 0) is 6.54 Å². The summed E-state index contributed by atoms with van der Waals surface area (Å²) in [4.78, 5) is 12.4. The molecule has 0 aliphatic rings. The number of nitrogens with zero attached hydrogens (tertiary/aromatic N) is 2. The number of alkyl halides is 2. The SMILES string of the molecule is COc1cc(CN(C)c2ccccc2)c([N+](=O)[O-])cc1OC(F)F. The van der Waals surface area contributed by atoms with Crippen LogP contribution in [0, 0.1) is 10.1 Å². The molecule has 2 aromatic rings. The number of hydrogen-bond acceptors (Lipinski definition) is 5. The van der Waals surface area contributed by atoms with Gasteiger partial charge in [0.25, 0.3) is 5.69 Å². The Kier molecular flexibility index (Phi) is 5.51. The van der Waals surface area contributed by atoms with Gasteiger partial charge < -0.3 is 14.4 Å². The maximum atomic E-state index is 12.4. The van der Waals surface area contributed by atoms with Crippen molar-refractivity contribution in [2.75, 3.05) is 19.1 Å². The molecule has 0 fully saturated rings. The summed E-state index contributed by atoms with van der Waals surface area (Å²) in [5.74, 6) is -0.359. The Hall–Kier alpha value is -2.90. The first-order valence-electron chi connectivity index (χ1n) is 6.98. The number of nitro groups is 1. The normalized spacial score (nSPS) is 10.5.